The van der Waals surface area contributed by atoms with Crippen molar-refractivity contribution in [1.29, 1.82) is 0 Å². The maximum atomic E-state index is 12.1. The second-order valence-corrected chi connectivity index (χ2v) is 6.57. The van der Waals surface area contributed by atoms with Crippen molar-refractivity contribution in [3.05, 3.63) is 23.3 Å². The van der Waals surface area contributed by atoms with Crippen molar-refractivity contribution in [3.8, 4) is 0 Å². The van der Waals surface area contributed by atoms with E-state index >= 15 is 0 Å². The average Bonchev–Trinajstić information content (AvgIpc) is 3.28. The number of hydrogen-bond donors (Lipinski definition) is 2. The van der Waals surface area contributed by atoms with Crippen molar-refractivity contribution < 1.29 is 19.1 Å². The summed E-state index contributed by atoms with van der Waals surface area (Å²) in [5, 5.41) is 8.96. The molecule has 10 nitrogen and oxygen atoms in total. The molecule has 1 aliphatic carbocycles. The third-order valence-corrected chi connectivity index (χ3v) is 4.62. The highest BCUT2D eigenvalue weighted by atomic mass is 16.5. The molecule has 27 heavy (non-hydrogen) atoms. The fourth-order valence-corrected chi connectivity index (χ4v) is 3.21. The van der Waals surface area contributed by atoms with E-state index in [1.165, 1.54) is 10.8 Å². The molecule has 2 aromatic heterocycles. The van der Waals surface area contributed by atoms with Crippen LogP contribution < -0.4 is 10.6 Å². The van der Waals surface area contributed by atoms with Crippen LogP contribution >= 0.6 is 0 Å². The van der Waals surface area contributed by atoms with Gasteiger partial charge in [-0.15, -0.1) is 0 Å². The van der Waals surface area contributed by atoms with Crippen LogP contribution in [-0.2, 0) is 20.7 Å². The minimum absolute atomic E-state index is 0.0536. The smallest absolute Gasteiger partial charge is 0.321 e. The van der Waals surface area contributed by atoms with Gasteiger partial charge in [-0.2, -0.15) is 10.1 Å². The van der Waals surface area contributed by atoms with Crippen molar-refractivity contribution in [2.75, 3.05) is 6.61 Å². The topological polar surface area (TPSA) is 128 Å². The second kappa shape index (κ2) is 8.11. The first-order chi connectivity index (χ1) is 12.9. The zero-order valence-corrected chi connectivity index (χ0v) is 15.3. The number of ether oxygens (including phenoxy) is 1. The Bertz CT molecular complexity index is 872. The van der Waals surface area contributed by atoms with Crippen molar-refractivity contribution >= 4 is 23.7 Å². The number of rotatable bonds is 5. The van der Waals surface area contributed by atoms with E-state index in [4.69, 9.17) is 4.74 Å². The summed E-state index contributed by atoms with van der Waals surface area (Å²) in [4.78, 5) is 43.9. The van der Waals surface area contributed by atoms with Crippen LogP contribution in [0, 0.1) is 13.8 Å². The van der Waals surface area contributed by atoms with Gasteiger partial charge in [0.2, 0.25) is 0 Å². The predicted molar refractivity (Wildman–Crippen MR) is 93.8 cm³/mol. The fourth-order valence-electron chi connectivity index (χ4n) is 3.21. The van der Waals surface area contributed by atoms with Crippen molar-refractivity contribution in [2.24, 2.45) is 0 Å². The number of nitrogens with one attached hydrogen (secondary N) is 2. The van der Waals surface area contributed by atoms with Crippen molar-refractivity contribution in [2.45, 2.75) is 52.0 Å². The molecule has 0 unspecified atom stereocenters. The van der Waals surface area contributed by atoms with Crippen LogP contribution in [0.5, 0.6) is 0 Å². The highest BCUT2D eigenvalue weighted by molar-refractivity contribution is 5.95. The molecule has 0 saturated heterocycles. The average molecular weight is 374 g/mol. The minimum atomic E-state index is -0.669. The molecule has 0 spiro atoms. The van der Waals surface area contributed by atoms with Crippen LogP contribution in [0.4, 0.5) is 4.79 Å². The van der Waals surface area contributed by atoms with Gasteiger partial charge in [-0.05, 0) is 26.7 Å². The Morgan fingerprint density at radius 3 is 2.74 bits per heavy atom. The first kappa shape index (κ1) is 18.7. The van der Waals surface area contributed by atoms with Gasteiger partial charge in [0.05, 0.1) is 6.42 Å². The Hall–Kier alpha value is -3.04. The predicted octanol–water partition coefficient (Wildman–Crippen LogP) is 0.595. The van der Waals surface area contributed by atoms with E-state index < -0.39 is 24.5 Å². The number of hydrogen-bond acceptors (Lipinski definition) is 7. The number of amides is 3. The van der Waals surface area contributed by atoms with Crippen molar-refractivity contribution in [1.82, 2.24) is 30.2 Å². The molecule has 3 rings (SSSR count). The van der Waals surface area contributed by atoms with E-state index in [-0.39, 0.29) is 12.5 Å². The van der Waals surface area contributed by atoms with Gasteiger partial charge in [-0.25, -0.2) is 14.3 Å². The molecule has 10 heteroatoms. The lowest BCUT2D eigenvalue weighted by Crippen LogP contribution is -2.45. The first-order valence-corrected chi connectivity index (χ1v) is 8.86. The van der Waals surface area contributed by atoms with E-state index in [0.29, 0.717) is 17.0 Å². The van der Waals surface area contributed by atoms with Gasteiger partial charge >= 0.3 is 12.0 Å². The summed E-state index contributed by atoms with van der Waals surface area (Å²) in [5.41, 5.74) is 2.04. The summed E-state index contributed by atoms with van der Waals surface area (Å²) >= 11 is 0. The van der Waals surface area contributed by atoms with Gasteiger partial charge in [-0.1, -0.05) is 12.8 Å². The molecule has 144 valence electrons. The maximum absolute atomic E-state index is 12.1. The Balaban J connectivity index is 1.49. The van der Waals surface area contributed by atoms with Gasteiger partial charge in [0.25, 0.3) is 11.7 Å². The monoisotopic (exact) mass is 374 g/mol. The largest absolute Gasteiger partial charge is 0.455 e. The number of urea groups is 1. The lowest BCUT2D eigenvalue weighted by atomic mass is 10.1. The minimum Gasteiger partial charge on any atom is -0.455 e. The van der Waals surface area contributed by atoms with E-state index in [1.807, 2.05) is 0 Å². The quantitative estimate of drug-likeness (QED) is 0.733. The summed E-state index contributed by atoms with van der Waals surface area (Å²) in [6.45, 7) is 3.05. The number of esters is 1. The van der Waals surface area contributed by atoms with Gasteiger partial charge in [0, 0.05) is 23.0 Å². The van der Waals surface area contributed by atoms with Crippen LogP contribution in [0.15, 0.2) is 6.33 Å². The second-order valence-electron chi connectivity index (χ2n) is 6.57. The Kier molecular flexibility index (Phi) is 5.63. The summed E-state index contributed by atoms with van der Waals surface area (Å²) in [7, 11) is 0. The van der Waals surface area contributed by atoms with Gasteiger partial charge in [0.1, 0.15) is 6.33 Å². The Morgan fingerprint density at radius 1 is 1.26 bits per heavy atom. The van der Waals surface area contributed by atoms with Crippen LogP contribution in [0.25, 0.3) is 5.78 Å². The Morgan fingerprint density at radius 2 is 2.00 bits per heavy atom. The standard InChI is InChI=1S/C17H22N6O4/c1-10-13(11(2)23-16(20-10)18-9-19-23)7-15(25)27-8-14(24)22-17(26)21-12-5-3-4-6-12/h9,12H,3-8H2,1-2H3,(H2,21,22,24,26). The number of nitrogens with zero attached hydrogens (tertiary/aromatic N) is 4. The van der Waals surface area contributed by atoms with E-state index in [9.17, 15) is 14.4 Å². The number of imide groups is 1. The fraction of sp³-hybridized carbons (Fsp3) is 0.529. The highest BCUT2D eigenvalue weighted by Crippen LogP contribution is 2.17. The molecule has 1 saturated carbocycles. The van der Waals surface area contributed by atoms with Gasteiger partial charge in [-0.3, -0.25) is 14.9 Å². The van der Waals surface area contributed by atoms with Crippen LogP contribution in [0.1, 0.15) is 42.6 Å². The Labute approximate surface area is 155 Å². The lowest BCUT2D eigenvalue weighted by molar-refractivity contribution is -0.147. The third kappa shape index (κ3) is 4.57. The lowest BCUT2D eigenvalue weighted by Gasteiger charge is -2.12. The number of carbonyl (C=O) groups excluding carboxylic acids is 3. The first-order valence-electron chi connectivity index (χ1n) is 8.86. The zero-order chi connectivity index (χ0) is 19.4. The van der Waals surface area contributed by atoms with Crippen LogP contribution in [-0.4, -0.2) is 50.1 Å². The molecule has 0 bridgehead atoms. The van der Waals surface area contributed by atoms with E-state index in [2.05, 4.69) is 25.7 Å². The number of aromatic nitrogens is 4. The zero-order valence-electron chi connectivity index (χ0n) is 15.3. The highest BCUT2D eigenvalue weighted by Gasteiger charge is 2.19. The number of aryl methyl sites for hydroxylation is 2. The molecule has 2 heterocycles. The third-order valence-electron chi connectivity index (χ3n) is 4.62. The number of fused-ring (bicyclic) bond motifs is 1. The molecule has 2 aromatic rings. The number of carbonyl (C=O) groups is 3. The molecule has 0 atom stereocenters. The summed E-state index contributed by atoms with van der Waals surface area (Å²) in [6, 6.07) is -0.457. The van der Waals surface area contributed by atoms with Crippen LogP contribution in [0.2, 0.25) is 0 Å². The maximum Gasteiger partial charge on any atom is 0.321 e. The molecular weight excluding hydrogens is 352 g/mol. The van der Waals surface area contributed by atoms with Crippen molar-refractivity contribution in [3.63, 3.8) is 0 Å². The molecular formula is C17H22N6O4. The molecule has 0 aliphatic heterocycles. The van der Waals surface area contributed by atoms with E-state index in [0.717, 1.165) is 31.4 Å². The molecule has 0 radical (unpaired) electrons. The molecule has 1 aliphatic rings. The SMILES string of the molecule is Cc1nc2ncnn2c(C)c1CC(=O)OCC(=O)NC(=O)NC1CCCC1. The molecule has 0 aromatic carbocycles. The summed E-state index contributed by atoms with van der Waals surface area (Å²) in [6.07, 6.45) is 5.31. The van der Waals surface area contributed by atoms with Gasteiger partial charge in [0.15, 0.2) is 6.61 Å². The van der Waals surface area contributed by atoms with E-state index in [1.54, 1.807) is 13.8 Å². The molecule has 1 fully saturated rings. The van der Waals surface area contributed by atoms with Crippen LogP contribution in [0.3, 0.4) is 0 Å². The molecule has 2 N–H and O–H groups in total. The summed E-state index contributed by atoms with van der Waals surface area (Å²) in [5.74, 6) is -0.805. The molecule has 3 amide bonds. The van der Waals surface area contributed by atoms with Gasteiger partial charge < -0.3 is 10.1 Å². The summed E-state index contributed by atoms with van der Waals surface area (Å²) < 4.78 is 6.52. The normalized spacial score (nSPS) is 14.3.